The van der Waals surface area contributed by atoms with E-state index in [4.69, 9.17) is 4.98 Å². The fraction of sp³-hybridized carbons (Fsp3) is 0.722. The molecule has 3 heteroatoms. The first-order chi connectivity index (χ1) is 10.2. The van der Waals surface area contributed by atoms with Crippen LogP contribution in [0.1, 0.15) is 71.4 Å². The van der Waals surface area contributed by atoms with Crippen LogP contribution in [0.15, 0.2) is 18.3 Å². The minimum atomic E-state index is 0.381. The van der Waals surface area contributed by atoms with E-state index >= 15 is 0 Å². The number of unbranched alkanes of at least 4 members (excludes halogenated alkanes) is 2. The number of nitrogens with one attached hydrogen (secondary N) is 1. The number of anilines is 1. The minimum absolute atomic E-state index is 0.381. The molecule has 1 rings (SSSR count). The molecule has 0 bridgehead atoms. The van der Waals surface area contributed by atoms with Crippen LogP contribution in [0.4, 0.5) is 5.82 Å². The Bertz CT molecular complexity index is 353. The number of pyridine rings is 1. The second-order valence-corrected chi connectivity index (χ2v) is 5.82. The predicted octanol–water partition coefficient (Wildman–Crippen LogP) is 4.55. The van der Waals surface area contributed by atoms with Crippen LogP contribution in [0.5, 0.6) is 0 Å². The molecule has 0 spiro atoms. The molecule has 3 nitrogen and oxygen atoms in total. The van der Waals surface area contributed by atoms with Gasteiger partial charge in [-0.25, -0.2) is 4.98 Å². The smallest absolute Gasteiger partial charge is 0.128 e. The molecule has 0 saturated carbocycles. The Morgan fingerprint density at radius 3 is 2.19 bits per heavy atom. The van der Waals surface area contributed by atoms with Gasteiger partial charge in [0.15, 0.2) is 0 Å². The van der Waals surface area contributed by atoms with Crippen LogP contribution in [0.25, 0.3) is 0 Å². The maximum absolute atomic E-state index is 4.70. The Morgan fingerprint density at radius 1 is 1.05 bits per heavy atom. The summed E-state index contributed by atoms with van der Waals surface area (Å²) in [5, 5.41) is 3.51. The Hall–Kier alpha value is -1.09. The van der Waals surface area contributed by atoms with Gasteiger partial charge in [-0.15, -0.1) is 0 Å². The second kappa shape index (κ2) is 10.6. The average molecular weight is 291 g/mol. The normalized spacial score (nSPS) is 12.4. The van der Waals surface area contributed by atoms with Gasteiger partial charge in [0, 0.05) is 25.3 Å². The molecule has 0 aromatic carbocycles. The highest BCUT2D eigenvalue weighted by Crippen LogP contribution is 2.17. The molecule has 1 aromatic rings. The third-order valence-corrected chi connectivity index (χ3v) is 3.86. The summed E-state index contributed by atoms with van der Waals surface area (Å²) < 4.78 is 0. The molecule has 0 saturated heterocycles. The third-order valence-electron chi connectivity index (χ3n) is 3.86. The van der Waals surface area contributed by atoms with Crippen LogP contribution in [0.2, 0.25) is 0 Å². The molecular formula is C18H33N3. The van der Waals surface area contributed by atoms with Crippen molar-refractivity contribution in [3.63, 3.8) is 0 Å². The molecule has 21 heavy (non-hydrogen) atoms. The van der Waals surface area contributed by atoms with Crippen molar-refractivity contribution in [1.29, 1.82) is 0 Å². The average Bonchev–Trinajstić information content (AvgIpc) is 2.53. The SMILES string of the molecule is CCCCN(CCCC)c1ccc(C(C)NCCC)cn1. The summed E-state index contributed by atoms with van der Waals surface area (Å²) in [6.07, 6.45) is 8.14. The Labute approximate surface area is 131 Å². The zero-order chi connectivity index (χ0) is 15.5. The molecule has 1 heterocycles. The molecule has 0 aliphatic rings. The van der Waals surface area contributed by atoms with E-state index in [1.165, 1.54) is 31.2 Å². The number of nitrogens with zero attached hydrogens (tertiary/aromatic N) is 2. The standard InChI is InChI=1S/C18H33N3/c1-5-8-13-21(14-9-6-2)18-11-10-17(15-20-18)16(4)19-12-7-3/h10-11,15-16,19H,5-9,12-14H2,1-4H3. The van der Waals surface area contributed by atoms with Crippen LogP contribution in [0, 0.1) is 0 Å². The summed E-state index contributed by atoms with van der Waals surface area (Å²) in [6, 6.07) is 4.79. The monoisotopic (exact) mass is 291 g/mol. The van der Waals surface area contributed by atoms with Gasteiger partial charge in [0.05, 0.1) is 0 Å². The van der Waals surface area contributed by atoms with Crippen LogP contribution < -0.4 is 10.2 Å². The van der Waals surface area contributed by atoms with Gasteiger partial charge in [-0.1, -0.05) is 39.7 Å². The van der Waals surface area contributed by atoms with E-state index in [1.54, 1.807) is 0 Å². The first-order valence-corrected chi connectivity index (χ1v) is 8.67. The number of hydrogen-bond acceptors (Lipinski definition) is 3. The van der Waals surface area contributed by atoms with Crippen LogP contribution in [0.3, 0.4) is 0 Å². The Kier molecular flexibility index (Phi) is 9.07. The number of hydrogen-bond donors (Lipinski definition) is 1. The van der Waals surface area contributed by atoms with Crippen molar-refractivity contribution >= 4 is 5.82 Å². The maximum Gasteiger partial charge on any atom is 0.128 e. The van der Waals surface area contributed by atoms with E-state index in [-0.39, 0.29) is 0 Å². The molecule has 1 aromatic heterocycles. The highest BCUT2D eigenvalue weighted by molar-refractivity contribution is 5.39. The Balaban J connectivity index is 2.67. The van der Waals surface area contributed by atoms with Gasteiger partial charge in [-0.3, -0.25) is 0 Å². The van der Waals surface area contributed by atoms with E-state index in [0.29, 0.717) is 6.04 Å². The van der Waals surface area contributed by atoms with Crippen molar-refractivity contribution in [3.8, 4) is 0 Å². The fourth-order valence-electron chi connectivity index (χ4n) is 2.36. The lowest BCUT2D eigenvalue weighted by Gasteiger charge is -2.24. The Morgan fingerprint density at radius 2 is 1.71 bits per heavy atom. The summed E-state index contributed by atoms with van der Waals surface area (Å²) in [4.78, 5) is 7.13. The van der Waals surface area contributed by atoms with E-state index in [0.717, 1.165) is 31.9 Å². The molecule has 0 amide bonds. The van der Waals surface area contributed by atoms with E-state index in [2.05, 4.69) is 50.0 Å². The summed E-state index contributed by atoms with van der Waals surface area (Å²) in [5.74, 6) is 1.13. The van der Waals surface area contributed by atoms with Crippen LogP contribution in [-0.2, 0) is 0 Å². The van der Waals surface area contributed by atoms with Gasteiger partial charge in [-0.05, 0) is 44.4 Å². The highest BCUT2D eigenvalue weighted by Gasteiger charge is 2.09. The molecule has 120 valence electrons. The van der Waals surface area contributed by atoms with Crippen molar-refractivity contribution in [2.45, 2.75) is 65.8 Å². The van der Waals surface area contributed by atoms with Gasteiger partial charge in [0.1, 0.15) is 5.82 Å². The second-order valence-electron chi connectivity index (χ2n) is 5.82. The molecule has 0 fully saturated rings. The molecular weight excluding hydrogens is 258 g/mol. The molecule has 1 atom stereocenters. The highest BCUT2D eigenvalue weighted by atomic mass is 15.2. The predicted molar refractivity (Wildman–Crippen MR) is 93.0 cm³/mol. The topological polar surface area (TPSA) is 28.2 Å². The molecule has 1 unspecified atom stereocenters. The largest absolute Gasteiger partial charge is 0.357 e. The first kappa shape index (κ1) is 18.0. The molecule has 0 aliphatic carbocycles. The summed E-state index contributed by atoms with van der Waals surface area (Å²) in [5.41, 5.74) is 1.28. The van der Waals surface area contributed by atoms with Crippen molar-refractivity contribution in [3.05, 3.63) is 23.9 Å². The van der Waals surface area contributed by atoms with Gasteiger partial charge in [0.2, 0.25) is 0 Å². The third kappa shape index (κ3) is 6.47. The quantitative estimate of drug-likeness (QED) is 0.648. The summed E-state index contributed by atoms with van der Waals surface area (Å²) in [7, 11) is 0. The van der Waals surface area contributed by atoms with Crippen molar-refractivity contribution in [2.24, 2.45) is 0 Å². The van der Waals surface area contributed by atoms with E-state index in [1.807, 2.05) is 6.20 Å². The van der Waals surface area contributed by atoms with Crippen LogP contribution in [-0.4, -0.2) is 24.6 Å². The van der Waals surface area contributed by atoms with Crippen molar-refractivity contribution in [2.75, 3.05) is 24.5 Å². The zero-order valence-electron chi connectivity index (χ0n) is 14.4. The van der Waals surface area contributed by atoms with Gasteiger partial charge >= 0.3 is 0 Å². The molecule has 0 radical (unpaired) electrons. The zero-order valence-corrected chi connectivity index (χ0v) is 14.4. The number of rotatable bonds is 11. The van der Waals surface area contributed by atoms with Crippen molar-refractivity contribution < 1.29 is 0 Å². The summed E-state index contributed by atoms with van der Waals surface area (Å²) >= 11 is 0. The lowest BCUT2D eigenvalue weighted by atomic mass is 10.1. The van der Waals surface area contributed by atoms with E-state index in [9.17, 15) is 0 Å². The van der Waals surface area contributed by atoms with Gasteiger partial charge in [0.25, 0.3) is 0 Å². The maximum atomic E-state index is 4.70. The fourth-order valence-corrected chi connectivity index (χ4v) is 2.36. The minimum Gasteiger partial charge on any atom is -0.357 e. The van der Waals surface area contributed by atoms with Crippen molar-refractivity contribution in [1.82, 2.24) is 10.3 Å². The lowest BCUT2D eigenvalue weighted by Crippen LogP contribution is -2.26. The van der Waals surface area contributed by atoms with E-state index < -0.39 is 0 Å². The molecule has 0 aliphatic heterocycles. The lowest BCUT2D eigenvalue weighted by molar-refractivity contribution is 0.569. The van der Waals surface area contributed by atoms with Gasteiger partial charge in [-0.2, -0.15) is 0 Å². The number of aromatic nitrogens is 1. The van der Waals surface area contributed by atoms with Crippen LogP contribution >= 0.6 is 0 Å². The van der Waals surface area contributed by atoms with Gasteiger partial charge < -0.3 is 10.2 Å². The first-order valence-electron chi connectivity index (χ1n) is 8.67. The molecule has 1 N–H and O–H groups in total. The summed E-state index contributed by atoms with van der Waals surface area (Å²) in [6.45, 7) is 12.2.